The van der Waals surface area contributed by atoms with E-state index in [-0.39, 0.29) is 13.0 Å². The molecular weight excluding hydrogens is 264 g/mol. The second kappa shape index (κ2) is 6.38. The van der Waals surface area contributed by atoms with Crippen LogP contribution in [0.5, 0.6) is 0 Å². The number of aromatic nitrogens is 2. The zero-order chi connectivity index (χ0) is 14.5. The van der Waals surface area contributed by atoms with Gasteiger partial charge in [0.15, 0.2) is 0 Å². The molecule has 0 saturated carbocycles. The number of urea groups is 1. The summed E-state index contributed by atoms with van der Waals surface area (Å²) in [6.45, 7) is 1.23. The number of rotatable bonds is 5. The van der Waals surface area contributed by atoms with Crippen LogP contribution in [0.15, 0.2) is 18.7 Å². The lowest BCUT2D eigenvalue weighted by Crippen LogP contribution is -2.46. The molecule has 20 heavy (non-hydrogen) atoms. The Kier molecular flexibility index (Phi) is 4.57. The number of β-amino-alcohol motifs (C(OH)–C–C–N with tert-alkyl or cyclic N) is 1. The summed E-state index contributed by atoms with van der Waals surface area (Å²) in [6, 6.07) is -1.39. The van der Waals surface area contributed by atoms with Gasteiger partial charge in [0.25, 0.3) is 0 Å². The molecule has 0 radical (unpaired) electrons. The molecule has 1 aromatic heterocycles. The van der Waals surface area contributed by atoms with Crippen LogP contribution in [0.3, 0.4) is 0 Å². The minimum Gasteiger partial charge on any atom is -0.480 e. The van der Waals surface area contributed by atoms with Gasteiger partial charge in [-0.15, -0.1) is 0 Å². The highest BCUT2D eigenvalue weighted by Gasteiger charge is 2.38. The summed E-state index contributed by atoms with van der Waals surface area (Å²) in [4.78, 5) is 28.0. The Morgan fingerprint density at radius 2 is 2.25 bits per heavy atom. The molecule has 2 amide bonds. The fraction of sp³-hybridized carbons (Fsp3) is 0.583. The molecule has 1 fully saturated rings. The molecule has 0 aliphatic carbocycles. The number of aliphatic hydroxyl groups is 1. The Hall–Kier alpha value is -2.09. The first-order chi connectivity index (χ1) is 9.58. The van der Waals surface area contributed by atoms with Crippen LogP contribution in [0, 0.1) is 0 Å². The molecule has 110 valence electrons. The van der Waals surface area contributed by atoms with Crippen molar-refractivity contribution in [2.24, 2.45) is 0 Å². The Morgan fingerprint density at radius 1 is 1.45 bits per heavy atom. The topological polar surface area (TPSA) is 108 Å². The van der Waals surface area contributed by atoms with Crippen LogP contribution in [0.25, 0.3) is 0 Å². The number of nitrogens with zero attached hydrogens (tertiary/aromatic N) is 3. The SMILES string of the molecule is O=C(O)[C@@H]1CC(O)CN1C(=O)NCCCn1ccnc1. The molecule has 0 aromatic carbocycles. The van der Waals surface area contributed by atoms with Gasteiger partial charge < -0.3 is 25.0 Å². The molecule has 1 unspecified atom stereocenters. The zero-order valence-corrected chi connectivity index (χ0v) is 11.0. The van der Waals surface area contributed by atoms with Crippen molar-refractivity contribution < 1.29 is 19.8 Å². The highest BCUT2D eigenvalue weighted by molar-refractivity contribution is 5.83. The third kappa shape index (κ3) is 3.47. The van der Waals surface area contributed by atoms with E-state index in [1.807, 2.05) is 10.8 Å². The molecule has 3 N–H and O–H groups in total. The van der Waals surface area contributed by atoms with Gasteiger partial charge in [-0.3, -0.25) is 0 Å². The van der Waals surface area contributed by atoms with Crippen molar-refractivity contribution in [3.63, 3.8) is 0 Å². The highest BCUT2D eigenvalue weighted by atomic mass is 16.4. The number of aryl methyl sites for hydroxylation is 1. The van der Waals surface area contributed by atoms with Gasteiger partial charge in [0.1, 0.15) is 6.04 Å². The standard InChI is InChI=1S/C12H18N4O4/c17-9-6-10(11(18)19)16(7-9)12(20)14-2-1-4-15-5-3-13-8-15/h3,5,8-10,17H,1-2,4,6-7H2,(H,14,20)(H,18,19)/t9?,10-/m0/s1. The Balaban J connectivity index is 1.75. The average Bonchev–Trinajstić information content (AvgIpc) is 3.03. The van der Waals surface area contributed by atoms with Gasteiger partial charge >= 0.3 is 12.0 Å². The summed E-state index contributed by atoms with van der Waals surface area (Å²) < 4.78 is 1.89. The largest absolute Gasteiger partial charge is 0.480 e. The van der Waals surface area contributed by atoms with E-state index in [4.69, 9.17) is 5.11 Å². The maximum Gasteiger partial charge on any atom is 0.326 e. The third-order valence-corrected chi connectivity index (χ3v) is 3.25. The van der Waals surface area contributed by atoms with Gasteiger partial charge in [0.05, 0.1) is 12.4 Å². The van der Waals surface area contributed by atoms with Crippen molar-refractivity contribution in [1.82, 2.24) is 19.8 Å². The lowest BCUT2D eigenvalue weighted by atomic mass is 10.2. The smallest absolute Gasteiger partial charge is 0.326 e. The monoisotopic (exact) mass is 282 g/mol. The first-order valence-corrected chi connectivity index (χ1v) is 6.49. The molecule has 8 heteroatoms. The number of carboxylic acid groups (broad SMARTS) is 1. The number of imidazole rings is 1. The van der Waals surface area contributed by atoms with E-state index in [9.17, 15) is 14.7 Å². The van der Waals surface area contributed by atoms with Crippen LogP contribution in [-0.2, 0) is 11.3 Å². The zero-order valence-electron chi connectivity index (χ0n) is 11.0. The van der Waals surface area contributed by atoms with Crippen molar-refractivity contribution in [3.05, 3.63) is 18.7 Å². The van der Waals surface area contributed by atoms with Crippen molar-refractivity contribution in [3.8, 4) is 0 Å². The molecule has 2 atom stereocenters. The van der Waals surface area contributed by atoms with E-state index in [1.165, 1.54) is 4.90 Å². The molecule has 2 heterocycles. The van der Waals surface area contributed by atoms with Crippen LogP contribution in [0.1, 0.15) is 12.8 Å². The number of carboxylic acids is 1. The molecule has 8 nitrogen and oxygen atoms in total. The Morgan fingerprint density at radius 3 is 2.90 bits per heavy atom. The highest BCUT2D eigenvalue weighted by Crippen LogP contribution is 2.17. The normalized spacial score (nSPS) is 21.9. The minimum absolute atomic E-state index is 0.0598. The number of carbonyl (C=O) groups excluding carboxylic acids is 1. The summed E-state index contributed by atoms with van der Waals surface area (Å²) in [7, 11) is 0. The van der Waals surface area contributed by atoms with Gasteiger partial charge in [0.2, 0.25) is 0 Å². The van der Waals surface area contributed by atoms with Crippen molar-refractivity contribution in [2.45, 2.75) is 31.5 Å². The quantitative estimate of drug-likeness (QED) is 0.631. The molecule has 2 rings (SSSR count). The molecule has 0 bridgehead atoms. The first-order valence-electron chi connectivity index (χ1n) is 6.49. The first kappa shape index (κ1) is 14.3. The molecule has 1 aliphatic heterocycles. The maximum absolute atomic E-state index is 11.9. The van der Waals surface area contributed by atoms with Gasteiger partial charge in [-0.05, 0) is 6.42 Å². The molecule has 0 spiro atoms. The molecule has 1 aliphatic rings. The number of likely N-dealkylation sites (tertiary alicyclic amines) is 1. The van der Waals surface area contributed by atoms with E-state index in [0.29, 0.717) is 6.54 Å². The van der Waals surface area contributed by atoms with E-state index in [2.05, 4.69) is 10.3 Å². The fourth-order valence-electron chi connectivity index (χ4n) is 2.25. The van der Waals surface area contributed by atoms with E-state index >= 15 is 0 Å². The number of aliphatic carboxylic acids is 1. The summed E-state index contributed by atoms with van der Waals surface area (Å²) >= 11 is 0. The number of aliphatic hydroxyl groups excluding tert-OH is 1. The number of hydrogen-bond donors (Lipinski definition) is 3. The van der Waals surface area contributed by atoms with E-state index < -0.39 is 24.1 Å². The number of carbonyl (C=O) groups is 2. The van der Waals surface area contributed by atoms with Crippen LogP contribution in [0.4, 0.5) is 4.79 Å². The lowest BCUT2D eigenvalue weighted by Gasteiger charge is -2.21. The Bertz CT molecular complexity index is 462. The predicted octanol–water partition coefficient (Wildman–Crippen LogP) is -0.497. The van der Waals surface area contributed by atoms with Crippen molar-refractivity contribution in [2.75, 3.05) is 13.1 Å². The maximum atomic E-state index is 11.9. The van der Waals surface area contributed by atoms with Crippen molar-refractivity contribution >= 4 is 12.0 Å². The summed E-state index contributed by atoms with van der Waals surface area (Å²) in [6.07, 6.45) is 5.24. The molecule has 1 saturated heterocycles. The number of hydrogen-bond acceptors (Lipinski definition) is 4. The predicted molar refractivity (Wildman–Crippen MR) is 69.0 cm³/mol. The van der Waals surface area contributed by atoms with Crippen LogP contribution in [0.2, 0.25) is 0 Å². The van der Waals surface area contributed by atoms with Crippen LogP contribution < -0.4 is 5.32 Å². The molecule has 1 aromatic rings. The van der Waals surface area contributed by atoms with Crippen molar-refractivity contribution in [1.29, 1.82) is 0 Å². The Labute approximate surface area is 116 Å². The summed E-state index contributed by atoms with van der Waals surface area (Å²) in [5.74, 6) is -1.09. The van der Waals surface area contributed by atoms with Gasteiger partial charge in [-0.25, -0.2) is 14.6 Å². The summed E-state index contributed by atoms with van der Waals surface area (Å²) in [5, 5.41) is 21.1. The fourth-order valence-corrected chi connectivity index (χ4v) is 2.25. The second-order valence-corrected chi connectivity index (χ2v) is 4.78. The summed E-state index contributed by atoms with van der Waals surface area (Å²) in [5.41, 5.74) is 0. The lowest BCUT2D eigenvalue weighted by molar-refractivity contribution is -0.141. The van der Waals surface area contributed by atoms with Crippen LogP contribution >= 0.6 is 0 Å². The van der Waals surface area contributed by atoms with E-state index in [1.54, 1.807) is 12.5 Å². The van der Waals surface area contributed by atoms with Gasteiger partial charge in [-0.1, -0.05) is 0 Å². The average molecular weight is 282 g/mol. The van der Waals surface area contributed by atoms with E-state index in [0.717, 1.165) is 13.0 Å². The minimum atomic E-state index is -1.09. The van der Waals surface area contributed by atoms with Crippen LogP contribution in [-0.4, -0.2) is 61.9 Å². The van der Waals surface area contributed by atoms with Gasteiger partial charge in [-0.2, -0.15) is 0 Å². The molecular formula is C12H18N4O4. The second-order valence-electron chi connectivity index (χ2n) is 4.78. The number of nitrogens with one attached hydrogen (secondary N) is 1. The number of amides is 2. The van der Waals surface area contributed by atoms with Gasteiger partial charge in [0, 0.05) is 38.4 Å². The third-order valence-electron chi connectivity index (χ3n) is 3.25.